The van der Waals surface area contributed by atoms with Crippen LogP contribution in [0.25, 0.3) is 10.8 Å². The van der Waals surface area contributed by atoms with Crippen molar-refractivity contribution >= 4 is 23.4 Å². The molecule has 0 aliphatic heterocycles. The molecule has 18 heavy (non-hydrogen) atoms. The summed E-state index contributed by atoms with van der Waals surface area (Å²) in [5.41, 5.74) is 0.508. The highest BCUT2D eigenvalue weighted by atomic mass is 16.5. The first-order valence-corrected chi connectivity index (χ1v) is 6.24. The third-order valence-electron chi connectivity index (χ3n) is 2.95. The van der Waals surface area contributed by atoms with Crippen molar-refractivity contribution in [1.29, 1.82) is 0 Å². The Bertz CT molecular complexity index is 525. The van der Waals surface area contributed by atoms with Crippen LogP contribution in [0.2, 0.25) is 0 Å². The van der Waals surface area contributed by atoms with E-state index in [1.54, 1.807) is 6.07 Å². The van der Waals surface area contributed by atoms with E-state index in [1.807, 2.05) is 30.3 Å². The van der Waals surface area contributed by atoms with Gasteiger partial charge in [0, 0.05) is 5.39 Å². The van der Waals surface area contributed by atoms with Crippen molar-refractivity contribution < 1.29 is 14.8 Å². The Morgan fingerprint density at radius 1 is 1.06 bits per heavy atom. The van der Waals surface area contributed by atoms with E-state index in [0.29, 0.717) is 12.1 Å². The van der Waals surface area contributed by atoms with Gasteiger partial charge >= 0.3 is 7.12 Å². The SMILES string of the molecule is CCCCOc1cccc2c(B(O)O)cccc12. The van der Waals surface area contributed by atoms with E-state index in [4.69, 9.17) is 4.74 Å². The first kappa shape index (κ1) is 12.9. The van der Waals surface area contributed by atoms with Crippen molar-refractivity contribution in [2.45, 2.75) is 19.8 Å². The summed E-state index contributed by atoms with van der Waals surface area (Å²) < 4.78 is 5.73. The van der Waals surface area contributed by atoms with Gasteiger partial charge in [-0.15, -0.1) is 0 Å². The molecule has 0 radical (unpaired) electrons. The van der Waals surface area contributed by atoms with Crippen LogP contribution in [0, 0.1) is 0 Å². The minimum atomic E-state index is -1.46. The van der Waals surface area contributed by atoms with Crippen LogP contribution in [0.4, 0.5) is 0 Å². The van der Waals surface area contributed by atoms with Gasteiger partial charge in [-0.3, -0.25) is 0 Å². The average molecular weight is 244 g/mol. The van der Waals surface area contributed by atoms with Crippen LogP contribution in [0.3, 0.4) is 0 Å². The van der Waals surface area contributed by atoms with Crippen LogP contribution in [-0.2, 0) is 0 Å². The molecule has 0 aromatic heterocycles. The molecule has 0 heterocycles. The maximum atomic E-state index is 9.34. The van der Waals surface area contributed by atoms with Gasteiger partial charge in [-0.2, -0.15) is 0 Å². The quantitative estimate of drug-likeness (QED) is 0.621. The minimum absolute atomic E-state index is 0.508. The zero-order valence-corrected chi connectivity index (χ0v) is 10.5. The van der Waals surface area contributed by atoms with Crippen LogP contribution in [0.1, 0.15) is 19.8 Å². The lowest BCUT2D eigenvalue weighted by Crippen LogP contribution is -2.30. The standard InChI is InChI=1S/C14H17BO3/c1-2-3-10-18-14-9-5-6-11-12(14)7-4-8-13(11)15(16)17/h4-9,16-17H,2-3,10H2,1H3. The first-order chi connectivity index (χ1) is 8.74. The molecule has 0 saturated heterocycles. The fourth-order valence-electron chi connectivity index (χ4n) is 1.98. The molecule has 0 aliphatic carbocycles. The van der Waals surface area contributed by atoms with Crippen LogP contribution < -0.4 is 10.2 Å². The normalized spacial score (nSPS) is 10.6. The molecule has 2 aromatic rings. The van der Waals surface area contributed by atoms with Gasteiger partial charge < -0.3 is 14.8 Å². The molecule has 94 valence electrons. The van der Waals surface area contributed by atoms with Crippen molar-refractivity contribution in [2.75, 3.05) is 6.61 Å². The highest BCUT2D eigenvalue weighted by molar-refractivity contribution is 6.62. The topological polar surface area (TPSA) is 49.7 Å². The van der Waals surface area contributed by atoms with Crippen molar-refractivity contribution in [3.05, 3.63) is 36.4 Å². The molecule has 0 saturated carbocycles. The molecular weight excluding hydrogens is 227 g/mol. The predicted molar refractivity (Wildman–Crippen MR) is 74.2 cm³/mol. The lowest BCUT2D eigenvalue weighted by molar-refractivity contribution is 0.313. The Balaban J connectivity index is 2.40. The molecule has 2 aromatic carbocycles. The molecule has 0 atom stereocenters. The van der Waals surface area contributed by atoms with E-state index in [9.17, 15) is 10.0 Å². The minimum Gasteiger partial charge on any atom is -0.493 e. The number of ether oxygens (including phenoxy) is 1. The first-order valence-electron chi connectivity index (χ1n) is 6.24. The Morgan fingerprint density at radius 3 is 2.50 bits per heavy atom. The van der Waals surface area contributed by atoms with Crippen LogP contribution in [-0.4, -0.2) is 23.8 Å². The van der Waals surface area contributed by atoms with Crippen LogP contribution in [0.5, 0.6) is 5.75 Å². The summed E-state index contributed by atoms with van der Waals surface area (Å²) in [5.74, 6) is 0.795. The van der Waals surface area contributed by atoms with Gasteiger partial charge in [-0.1, -0.05) is 43.7 Å². The molecule has 0 spiro atoms. The maximum absolute atomic E-state index is 9.34. The lowest BCUT2D eigenvalue weighted by atomic mass is 9.77. The molecular formula is C14H17BO3. The van der Waals surface area contributed by atoms with Crippen LogP contribution >= 0.6 is 0 Å². The van der Waals surface area contributed by atoms with E-state index < -0.39 is 7.12 Å². The summed E-state index contributed by atoms with van der Waals surface area (Å²) >= 11 is 0. The van der Waals surface area contributed by atoms with E-state index in [1.165, 1.54) is 0 Å². The van der Waals surface area contributed by atoms with E-state index >= 15 is 0 Å². The summed E-state index contributed by atoms with van der Waals surface area (Å²) in [7, 11) is -1.46. The molecule has 2 N–H and O–H groups in total. The second-order valence-electron chi connectivity index (χ2n) is 4.27. The van der Waals surface area contributed by atoms with Gasteiger partial charge in [0.15, 0.2) is 0 Å². The fraction of sp³-hybridized carbons (Fsp3) is 0.286. The maximum Gasteiger partial charge on any atom is 0.489 e. The second kappa shape index (κ2) is 5.89. The molecule has 0 unspecified atom stereocenters. The van der Waals surface area contributed by atoms with E-state index in [2.05, 4.69) is 6.92 Å². The van der Waals surface area contributed by atoms with Gasteiger partial charge in [0.1, 0.15) is 5.75 Å². The van der Waals surface area contributed by atoms with Crippen molar-refractivity contribution in [3.63, 3.8) is 0 Å². The number of benzene rings is 2. The number of unbranched alkanes of at least 4 members (excludes halogenated alkanes) is 1. The largest absolute Gasteiger partial charge is 0.493 e. The second-order valence-corrected chi connectivity index (χ2v) is 4.27. The summed E-state index contributed by atoms with van der Waals surface area (Å²) in [5, 5.41) is 20.4. The third kappa shape index (κ3) is 2.66. The fourth-order valence-corrected chi connectivity index (χ4v) is 1.98. The molecule has 0 bridgehead atoms. The Morgan fingerprint density at radius 2 is 1.78 bits per heavy atom. The molecule has 3 nitrogen and oxygen atoms in total. The average Bonchev–Trinajstić information content (AvgIpc) is 2.38. The van der Waals surface area contributed by atoms with Crippen molar-refractivity contribution in [3.8, 4) is 5.75 Å². The molecule has 0 amide bonds. The highest BCUT2D eigenvalue weighted by Gasteiger charge is 2.15. The molecule has 0 fully saturated rings. The summed E-state index contributed by atoms with van der Waals surface area (Å²) in [6.45, 7) is 2.80. The van der Waals surface area contributed by atoms with Gasteiger partial charge in [0.2, 0.25) is 0 Å². The summed E-state index contributed by atoms with van der Waals surface area (Å²) in [4.78, 5) is 0. The number of rotatable bonds is 5. The van der Waals surface area contributed by atoms with Gasteiger partial charge in [-0.05, 0) is 23.3 Å². The Kier molecular flexibility index (Phi) is 4.23. The monoisotopic (exact) mass is 244 g/mol. The zero-order valence-electron chi connectivity index (χ0n) is 10.5. The molecule has 2 rings (SSSR count). The highest BCUT2D eigenvalue weighted by Crippen LogP contribution is 2.24. The molecule has 4 heteroatoms. The van der Waals surface area contributed by atoms with Gasteiger partial charge in [-0.25, -0.2) is 0 Å². The number of fused-ring (bicyclic) bond motifs is 1. The Labute approximate surface area is 107 Å². The third-order valence-corrected chi connectivity index (χ3v) is 2.95. The van der Waals surface area contributed by atoms with E-state index in [-0.39, 0.29) is 0 Å². The molecule has 0 aliphatic rings. The summed E-state index contributed by atoms with van der Waals surface area (Å²) in [6, 6.07) is 11.1. The lowest BCUT2D eigenvalue weighted by Gasteiger charge is -2.11. The van der Waals surface area contributed by atoms with Crippen molar-refractivity contribution in [1.82, 2.24) is 0 Å². The van der Waals surface area contributed by atoms with Crippen LogP contribution in [0.15, 0.2) is 36.4 Å². The van der Waals surface area contributed by atoms with Gasteiger partial charge in [0.05, 0.1) is 6.61 Å². The smallest absolute Gasteiger partial charge is 0.489 e. The number of hydrogen-bond acceptors (Lipinski definition) is 3. The Hall–Kier alpha value is -1.52. The van der Waals surface area contributed by atoms with E-state index in [0.717, 1.165) is 29.4 Å². The van der Waals surface area contributed by atoms with Gasteiger partial charge in [0.25, 0.3) is 0 Å². The summed E-state index contributed by atoms with van der Waals surface area (Å²) in [6.07, 6.45) is 2.10. The zero-order chi connectivity index (χ0) is 13.0. The van der Waals surface area contributed by atoms with Crippen molar-refractivity contribution in [2.24, 2.45) is 0 Å². The number of hydrogen-bond donors (Lipinski definition) is 2. The predicted octanol–water partition coefficient (Wildman–Crippen LogP) is 1.70.